The van der Waals surface area contributed by atoms with E-state index in [1.165, 1.54) is 11.1 Å². The second kappa shape index (κ2) is 9.46. The SMILES string of the molecule is O=C(c1ccccc1Br)N1CCN(c2ccc([N+](=O)[O-])c(N3CCc4ccccc4C3)c2)CC1. The van der Waals surface area contributed by atoms with Crippen LogP contribution in [-0.4, -0.2) is 48.5 Å². The number of nitro benzene ring substituents is 1. The summed E-state index contributed by atoms with van der Waals surface area (Å²) in [6.07, 6.45) is 0.868. The lowest BCUT2D eigenvalue weighted by Crippen LogP contribution is -2.48. The number of halogens is 1. The quantitative estimate of drug-likeness (QED) is 0.362. The van der Waals surface area contributed by atoms with Crippen LogP contribution in [-0.2, 0) is 13.0 Å². The highest BCUT2D eigenvalue weighted by molar-refractivity contribution is 9.10. The lowest BCUT2D eigenvalue weighted by Gasteiger charge is -2.37. The Kier molecular flexibility index (Phi) is 6.24. The summed E-state index contributed by atoms with van der Waals surface area (Å²) in [6, 6.07) is 21.1. The van der Waals surface area contributed by atoms with Crippen molar-refractivity contribution >= 4 is 38.9 Å². The number of rotatable bonds is 4. The second-order valence-corrected chi connectivity index (χ2v) is 9.48. The first-order chi connectivity index (χ1) is 16.5. The highest BCUT2D eigenvalue weighted by Gasteiger charge is 2.27. The van der Waals surface area contributed by atoms with Crippen LogP contribution in [0.4, 0.5) is 17.1 Å². The van der Waals surface area contributed by atoms with Crippen molar-refractivity contribution in [1.29, 1.82) is 0 Å². The summed E-state index contributed by atoms with van der Waals surface area (Å²) in [6.45, 7) is 3.96. The van der Waals surface area contributed by atoms with Gasteiger partial charge in [-0.2, -0.15) is 0 Å². The van der Waals surface area contributed by atoms with Crippen molar-refractivity contribution < 1.29 is 9.72 Å². The number of nitro groups is 1. The van der Waals surface area contributed by atoms with E-state index in [0.717, 1.165) is 23.1 Å². The van der Waals surface area contributed by atoms with Crippen molar-refractivity contribution in [2.24, 2.45) is 0 Å². The third-order valence-corrected chi connectivity index (χ3v) is 7.35. The van der Waals surface area contributed by atoms with Crippen LogP contribution in [0.5, 0.6) is 0 Å². The molecular formula is C26H25BrN4O3. The first kappa shape index (κ1) is 22.4. The van der Waals surface area contributed by atoms with Gasteiger partial charge < -0.3 is 14.7 Å². The lowest BCUT2D eigenvalue weighted by molar-refractivity contribution is -0.384. The Hall–Kier alpha value is -3.39. The molecule has 1 saturated heterocycles. The van der Waals surface area contributed by atoms with Crippen LogP contribution in [0.2, 0.25) is 0 Å². The third-order valence-electron chi connectivity index (χ3n) is 6.66. The monoisotopic (exact) mass is 520 g/mol. The van der Waals surface area contributed by atoms with Gasteiger partial charge in [-0.05, 0) is 57.7 Å². The highest BCUT2D eigenvalue weighted by Crippen LogP contribution is 2.36. The average Bonchev–Trinajstić information content (AvgIpc) is 2.88. The molecule has 0 spiro atoms. The Labute approximate surface area is 206 Å². The maximum absolute atomic E-state index is 12.9. The van der Waals surface area contributed by atoms with Gasteiger partial charge in [0.15, 0.2) is 0 Å². The van der Waals surface area contributed by atoms with E-state index < -0.39 is 0 Å². The molecule has 0 atom stereocenters. The van der Waals surface area contributed by atoms with Gasteiger partial charge in [0.1, 0.15) is 5.69 Å². The highest BCUT2D eigenvalue weighted by atomic mass is 79.9. The van der Waals surface area contributed by atoms with Crippen molar-refractivity contribution in [1.82, 2.24) is 4.90 Å². The topological polar surface area (TPSA) is 69.9 Å². The van der Waals surface area contributed by atoms with Crippen LogP contribution >= 0.6 is 15.9 Å². The minimum absolute atomic E-state index is 0.0171. The maximum atomic E-state index is 12.9. The zero-order valence-electron chi connectivity index (χ0n) is 18.7. The Bertz CT molecular complexity index is 1240. The first-order valence-corrected chi connectivity index (χ1v) is 12.2. The molecular weight excluding hydrogens is 496 g/mol. The molecule has 1 amide bonds. The molecule has 0 unspecified atom stereocenters. The normalized spacial score (nSPS) is 15.7. The summed E-state index contributed by atoms with van der Waals surface area (Å²) in [5.41, 5.74) is 4.93. The van der Waals surface area contributed by atoms with E-state index in [4.69, 9.17) is 0 Å². The summed E-state index contributed by atoms with van der Waals surface area (Å²) >= 11 is 3.47. The van der Waals surface area contributed by atoms with Crippen LogP contribution in [0.25, 0.3) is 0 Å². The van der Waals surface area contributed by atoms with Gasteiger partial charge in [-0.3, -0.25) is 14.9 Å². The number of fused-ring (bicyclic) bond motifs is 1. The Balaban J connectivity index is 1.34. The summed E-state index contributed by atoms with van der Waals surface area (Å²) < 4.78 is 0.797. The van der Waals surface area contributed by atoms with Crippen molar-refractivity contribution in [3.8, 4) is 0 Å². The van der Waals surface area contributed by atoms with Crippen molar-refractivity contribution in [2.45, 2.75) is 13.0 Å². The minimum atomic E-state index is -0.298. The summed E-state index contributed by atoms with van der Waals surface area (Å²) in [7, 11) is 0. The number of benzene rings is 3. The second-order valence-electron chi connectivity index (χ2n) is 8.63. The predicted octanol–water partition coefficient (Wildman–Crippen LogP) is 4.88. The van der Waals surface area contributed by atoms with Gasteiger partial charge in [-0.15, -0.1) is 0 Å². The molecule has 8 heteroatoms. The number of hydrogen-bond donors (Lipinski definition) is 0. The van der Waals surface area contributed by atoms with Crippen LogP contribution in [0.15, 0.2) is 71.2 Å². The lowest BCUT2D eigenvalue weighted by atomic mass is 9.99. The molecule has 7 nitrogen and oxygen atoms in total. The molecule has 174 valence electrons. The van der Waals surface area contributed by atoms with Gasteiger partial charge >= 0.3 is 0 Å². The number of piperazine rings is 1. The zero-order chi connectivity index (χ0) is 23.7. The molecule has 0 aliphatic carbocycles. The molecule has 5 rings (SSSR count). The number of nitrogens with zero attached hydrogens (tertiary/aromatic N) is 4. The summed E-state index contributed by atoms with van der Waals surface area (Å²) in [4.78, 5) is 30.6. The number of anilines is 2. The van der Waals surface area contributed by atoms with Gasteiger partial charge in [0.25, 0.3) is 11.6 Å². The van der Waals surface area contributed by atoms with Crippen LogP contribution in [0.1, 0.15) is 21.5 Å². The number of amides is 1. The van der Waals surface area contributed by atoms with E-state index in [2.05, 4.69) is 37.9 Å². The van der Waals surface area contributed by atoms with E-state index in [0.29, 0.717) is 44.0 Å². The molecule has 0 N–H and O–H groups in total. The predicted molar refractivity (Wildman–Crippen MR) is 137 cm³/mol. The molecule has 3 aromatic carbocycles. The molecule has 2 aliphatic heterocycles. The standard InChI is InChI=1S/C26H25BrN4O3/c27-23-8-4-3-7-22(23)26(32)29-15-13-28(14-16-29)21-9-10-24(31(33)34)25(17-21)30-12-11-19-5-1-2-6-20(19)18-30/h1-10,17H,11-16,18H2. The smallest absolute Gasteiger partial charge is 0.292 e. The Morgan fingerprint density at radius 1 is 0.853 bits per heavy atom. The molecule has 0 bridgehead atoms. The van der Waals surface area contributed by atoms with E-state index in [1.54, 1.807) is 6.07 Å². The van der Waals surface area contributed by atoms with Crippen LogP contribution < -0.4 is 9.80 Å². The molecule has 0 saturated carbocycles. The fourth-order valence-electron chi connectivity index (χ4n) is 4.79. The minimum Gasteiger partial charge on any atom is -0.368 e. The van der Waals surface area contributed by atoms with Gasteiger partial charge in [-0.1, -0.05) is 36.4 Å². The largest absolute Gasteiger partial charge is 0.368 e. The fourth-order valence-corrected chi connectivity index (χ4v) is 5.24. The zero-order valence-corrected chi connectivity index (χ0v) is 20.3. The van der Waals surface area contributed by atoms with Gasteiger partial charge in [0, 0.05) is 55.5 Å². The average molecular weight is 521 g/mol. The molecule has 3 aromatic rings. The van der Waals surface area contributed by atoms with Crippen molar-refractivity contribution in [3.63, 3.8) is 0 Å². The Morgan fingerprint density at radius 3 is 2.29 bits per heavy atom. The van der Waals surface area contributed by atoms with Gasteiger partial charge in [-0.25, -0.2) is 0 Å². The number of hydrogen-bond acceptors (Lipinski definition) is 5. The number of carbonyl (C=O) groups excluding carboxylic acids is 1. The number of carbonyl (C=O) groups is 1. The van der Waals surface area contributed by atoms with E-state index in [-0.39, 0.29) is 16.5 Å². The van der Waals surface area contributed by atoms with Gasteiger partial charge in [0.2, 0.25) is 0 Å². The maximum Gasteiger partial charge on any atom is 0.292 e. The van der Waals surface area contributed by atoms with Crippen LogP contribution in [0.3, 0.4) is 0 Å². The van der Waals surface area contributed by atoms with E-state index >= 15 is 0 Å². The van der Waals surface area contributed by atoms with Crippen molar-refractivity contribution in [2.75, 3.05) is 42.5 Å². The van der Waals surface area contributed by atoms with E-state index in [9.17, 15) is 14.9 Å². The Morgan fingerprint density at radius 2 is 1.56 bits per heavy atom. The molecule has 2 aliphatic rings. The van der Waals surface area contributed by atoms with Crippen LogP contribution in [0, 0.1) is 10.1 Å². The first-order valence-electron chi connectivity index (χ1n) is 11.4. The summed E-state index contributed by atoms with van der Waals surface area (Å²) in [5.74, 6) is 0.0171. The molecule has 1 fully saturated rings. The summed E-state index contributed by atoms with van der Waals surface area (Å²) in [5, 5.41) is 11.8. The molecule has 0 aromatic heterocycles. The molecule has 2 heterocycles. The van der Waals surface area contributed by atoms with Crippen molar-refractivity contribution in [3.05, 3.63) is 98.0 Å². The molecule has 34 heavy (non-hydrogen) atoms. The third kappa shape index (κ3) is 4.37. The molecule has 0 radical (unpaired) electrons. The van der Waals surface area contributed by atoms with Gasteiger partial charge in [0.05, 0.1) is 10.5 Å². The fraction of sp³-hybridized carbons (Fsp3) is 0.269. The van der Waals surface area contributed by atoms with E-state index in [1.807, 2.05) is 53.4 Å².